The lowest BCUT2D eigenvalue weighted by Gasteiger charge is -2.26. The first-order valence-electron chi connectivity index (χ1n) is 6.24. The first-order valence-corrected chi connectivity index (χ1v) is 7.77. The summed E-state index contributed by atoms with van der Waals surface area (Å²) in [5, 5.41) is 9.84. The summed E-state index contributed by atoms with van der Waals surface area (Å²) in [6.07, 6.45) is 3.24. The van der Waals surface area contributed by atoms with Gasteiger partial charge in [0.1, 0.15) is 12.3 Å². The smallest absolute Gasteiger partial charge is 0.390 e. The van der Waals surface area contributed by atoms with Crippen LogP contribution >= 0.6 is 7.82 Å². The fourth-order valence-corrected chi connectivity index (χ4v) is 2.48. The Balaban J connectivity index is 1.97. The van der Waals surface area contributed by atoms with Gasteiger partial charge in [-0.2, -0.15) is 0 Å². The van der Waals surface area contributed by atoms with Crippen molar-refractivity contribution in [3.8, 4) is 0 Å². The van der Waals surface area contributed by atoms with Crippen LogP contribution in [0.1, 0.15) is 12.8 Å². The predicted molar refractivity (Wildman–Crippen MR) is 70.2 cm³/mol. The molecule has 0 saturated carbocycles. The third kappa shape index (κ3) is 4.37. The van der Waals surface area contributed by atoms with Crippen molar-refractivity contribution in [1.29, 1.82) is 0 Å². The molecule has 1 saturated heterocycles. The minimum atomic E-state index is -4.61. The van der Waals surface area contributed by atoms with Crippen LogP contribution in [0.15, 0.2) is 24.0 Å². The van der Waals surface area contributed by atoms with E-state index in [1.165, 1.54) is 6.20 Å². The number of hydrogen-bond acceptors (Lipinski definition) is 6. The predicted octanol–water partition coefficient (Wildman–Crippen LogP) is -0.840. The summed E-state index contributed by atoms with van der Waals surface area (Å²) in [4.78, 5) is 30.0. The second kappa shape index (κ2) is 6.27. The molecule has 0 aromatic carbocycles. The van der Waals surface area contributed by atoms with Gasteiger partial charge in [-0.15, -0.1) is 0 Å². The van der Waals surface area contributed by atoms with Crippen molar-refractivity contribution in [2.75, 3.05) is 6.61 Å². The molecule has 10 heteroatoms. The normalized spacial score (nSPS) is 29.6. The molecule has 0 aromatic heterocycles. The number of amides is 1. The zero-order valence-corrected chi connectivity index (χ0v) is 11.9. The van der Waals surface area contributed by atoms with Crippen LogP contribution in [-0.4, -0.2) is 50.7 Å². The van der Waals surface area contributed by atoms with Crippen molar-refractivity contribution in [2.45, 2.75) is 31.3 Å². The number of rotatable bonds is 5. The third-order valence-electron chi connectivity index (χ3n) is 3.18. The van der Waals surface area contributed by atoms with Crippen LogP contribution in [0.5, 0.6) is 0 Å². The molecule has 0 bridgehead atoms. The van der Waals surface area contributed by atoms with E-state index in [2.05, 4.69) is 4.52 Å². The number of phosphoric ester groups is 1. The van der Waals surface area contributed by atoms with Crippen molar-refractivity contribution in [1.82, 2.24) is 4.90 Å². The first kappa shape index (κ1) is 16.2. The number of phosphoric acid groups is 1. The summed E-state index contributed by atoms with van der Waals surface area (Å²) >= 11 is 0. The highest BCUT2D eigenvalue weighted by atomic mass is 31.2. The monoisotopic (exact) mass is 320 g/mol. The minimum Gasteiger partial charge on any atom is -0.390 e. The summed E-state index contributed by atoms with van der Waals surface area (Å²) in [5.41, 5.74) is 5.62. The molecule has 0 spiro atoms. The van der Waals surface area contributed by atoms with Gasteiger partial charge in [-0.1, -0.05) is 6.08 Å². The van der Waals surface area contributed by atoms with E-state index in [1.807, 2.05) is 0 Å². The molecule has 2 rings (SSSR count). The van der Waals surface area contributed by atoms with Crippen molar-refractivity contribution >= 4 is 13.7 Å². The fourth-order valence-electron chi connectivity index (χ4n) is 2.14. The maximum absolute atomic E-state index is 11.2. The van der Waals surface area contributed by atoms with E-state index >= 15 is 0 Å². The van der Waals surface area contributed by atoms with E-state index in [0.717, 1.165) is 0 Å². The molecule has 1 fully saturated rings. The number of allylic oxidation sites excluding steroid dienone is 1. The standard InChI is InChI=1S/C11H17N2O7P/c12-11(15)7-2-1-3-13(5-7)10-4-8(14)9(20-10)6-19-21(16,17)18/h1,3,5,8-10,14H,2,4,6H2,(H2,12,15)(H2,16,17,18)/t8-,9+,10+/m0/s1. The summed E-state index contributed by atoms with van der Waals surface area (Å²) < 4.78 is 20.5. The van der Waals surface area contributed by atoms with Crippen molar-refractivity contribution < 1.29 is 33.5 Å². The van der Waals surface area contributed by atoms with Gasteiger partial charge >= 0.3 is 7.82 Å². The number of ether oxygens (including phenoxy) is 1. The van der Waals surface area contributed by atoms with Gasteiger partial charge in [0.15, 0.2) is 0 Å². The molecule has 2 aliphatic heterocycles. The molecule has 2 heterocycles. The third-order valence-corrected chi connectivity index (χ3v) is 3.67. The molecule has 3 atom stereocenters. The number of nitrogens with zero attached hydrogens (tertiary/aromatic N) is 1. The second-order valence-corrected chi connectivity index (χ2v) is 6.01. The number of carbonyl (C=O) groups is 1. The average Bonchev–Trinajstić information content (AvgIpc) is 2.77. The Morgan fingerprint density at radius 1 is 1.57 bits per heavy atom. The maximum Gasteiger partial charge on any atom is 0.469 e. The van der Waals surface area contributed by atoms with Crippen LogP contribution in [0, 0.1) is 0 Å². The Hall–Kier alpha value is -1.22. The van der Waals surface area contributed by atoms with Crippen LogP contribution < -0.4 is 5.73 Å². The van der Waals surface area contributed by atoms with Gasteiger partial charge in [0.25, 0.3) is 0 Å². The summed E-state index contributed by atoms with van der Waals surface area (Å²) in [6, 6.07) is 0. The second-order valence-electron chi connectivity index (χ2n) is 4.77. The maximum atomic E-state index is 11.2. The lowest BCUT2D eigenvalue weighted by atomic mass is 10.1. The molecule has 9 nitrogen and oxygen atoms in total. The molecule has 5 N–H and O–H groups in total. The quantitative estimate of drug-likeness (QED) is 0.480. The Labute approximate surface area is 120 Å². The largest absolute Gasteiger partial charge is 0.469 e. The van der Waals surface area contributed by atoms with E-state index in [1.54, 1.807) is 17.2 Å². The van der Waals surface area contributed by atoms with E-state index in [-0.39, 0.29) is 6.42 Å². The summed E-state index contributed by atoms with van der Waals surface area (Å²) in [7, 11) is -4.61. The van der Waals surface area contributed by atoms with E-state index in [0.29, 0.717) is 12.0 Å². The molecule has 2 aliphatic rings. The summed E-state index contributed by atoms with van der Waals surface area (Å²) in [6.45, 7) is -0.425. The fraction of sp³-hybridized carbons (Fsp3) is 0.545. The van der Waals surface area contributed by atoms with Crippen LogP contribution in [-0.2, 0) is 18.6 Å². The lowest BCUT2D eigenvalue weighted by molar-refractivity contribution is -0.114. The van der Waals surface area contributed by atoms with Gasteiger partial charge in [0, 0.05) is 24.4 Å². The zero-order valence-electron chi connectivity index (χ0n) is 11.0. The van der Waals surface area contributed by atoms with Crippen LogP contribution in [0.2, 0.25) is 0 Å². The van der Waals surface area contributed by atoms with Gasteiger partial charge < -0.3 is 30.3 Å². The minimum absolute atomic E-state index is 0.210. The highest BCUT2D eigenvalue weighted by Crippen LogP contribution is 2.37. The van der Waals surface area contributed by atoms with E-state index in [4.69, 9.17) is 20.3 Å². The molecule has 21 heavy (non-hydrogen) atoms. The molecular weight excluding hydrogens is 303 g/mol. The van der Waals surface area contributed by atoms with Gasteiger partial charge in [0.2, 0.25) is 5.91 Å². The van der Waals surface area contributed by atoms with E-state index < -0.39 is 38.8 Å². The number of aliphatic hydroxyl groups excluding tert-OH is 1. The lowest BCUT2D eigenvalue weighted by Crippen LogP contribution is -2.30. The number of hydrogen-bond donors (Lipinski definition) is 4. The molecule has 118 valence electrons. The van der Waals surface area contributed by atoms with Crippen LogP contribution in [0.3, 0.4) is 0 Å². The van der Waals surface area contributed by atoms with Gasteiger partial charge in [-0.3, -0.25) is 9.32 Å². The molecule has 1 amide bonds. The van der Waals surface area contributed by atoms with Crippen LogP contribution in [0.4, 0.5) is 0 Å². The van der Waals surface area contributed by atoms with E-state index in [9.17, 15) is 14.5 Å². The molecule has 0 aromatic rings. The Kier molecular flexibility index (Phi) is 4.82. The van der Waals surface area contributed by atoms with Crippen LogP contribution in [0.25, 0.3) is 0 Å². The Morgan fingerprint density at radius 2 is 2.29 bits per heavy atom. The Bertz CT molecular complexity index is 515. The van der Waals surface area contributed by atoms with Crippen molar-refractivity contribution in [2.24, 2.45) is 5.73 Å². The van der Waals surface area contributed by atoms with Gasteiger partial charge in [0.05, 0.1) is 12.7 Å². The number of aliphatic hydroxyl groups is 1. The summed E-state index contributed by atoms with van der Waals surface area (Å²) in [5.74, 6) is -0.538. The zero-order chi connectivity index (χ0) is 15.6. The van der Waals surface area contributed by atoms with Gasteiger partial charge in [-0.25, -0.2) is 4.57 Å². The average molecular weight is 320 g/mol. The molecule has 0 unspecified atom stereocenters. The molecule has 0 radical (unpaired) electrons. The Morgan fingerprint density at radius 3 is 2.90 bits per heavy atom. The topological polar surface area (TPSA) is 143 Å². The molecular formula is C11H17N2O7P. The number of primary amides is 1. The van der Waals surface area contributed by atoms with Gasteiger partial charge in [-0.05, 0) is 6.42 Å². The van der Waals surface area contributed by atoms with Crippen molar-refractivity contribution in [3.63, 3.8) is 0 Å². The number of carbonyl (C=O) groups excluding carboxylic acids is 1. The molecule has 0 aliphatic carbocycles. The highest BCUT2D eigenvalue weighted by molar-refractivity contribution is 7.46. The van der Waals surface area contributed by atoms with Crippen molar-refractivity contribution in [3.05, 3.63) is 24.0 Å². The first-order chi connectivity index (χ1) is 9.76. The highest BCUT2D eigenvalue weighted by Gasteiger charge is 2.37. The number of nitrogens with two attached hydrogens (primary N) is 1. The SMILES string of the molecule is NC(=O)C1=CN([C@H]2C[C@H](O)[C@@H](COP(=O)(O)O)O2)C=CC1.